The summed E-state index contributed by atoms with van der Waals surface area (Å²) in [6, 6.07) is 7.13. The maximum atomic E-state index is 12.6. The lowest BCUT2D eigenvalue weighted by Crippen LogP contribution is -2.32. The molecule has 0 unspecified atom stereocenters. The number of ether oxygens (including phenoxy) is 1. The molecule has 0 saturated heterocycles. The first kappa shape index (κ1) is 17.2. The van der Waals surface area contributed by atoms with E-state index in [4.69, 9.17) is 4.74 Å². The van der Waals surface area contributed by atoms with Crippen LogP contribution in [0.3, 0.4) is 0 Å². The third-order valence-corrected chi connectivity index (χ3v) is 4.26. The Hall–Kier alpha value is -2.67. The molecule has 0 spiro atoms. The van der Waals surface area contributed by atoms with Crippen molar-refractivity contribution in [3.63, 3.8) is 0 Å². The molecular formula is C18H22N4O3. The SMILES string of the molecule is CCOCCCNC(=O)[C@H](C)n1c2ccccc2c2cn[nH]c(=O)c21. The quantitative estimate of drug-likeness (QED) is 0.643. The van der Waals surface area contributed by atoms with Crippen molar-refractivity contribution in [2.24, 2.45) is 0 Å². The van der Waals surface area contributed by atoms with Gasteiger partial charge in [-0.05, 0) is 26.3 Å². The summed E-state index contributed by atoms with van der Waals surface area (Å²) in [5, 5.41) is 10.9. The van der Waals surface area contributed by atoms with Crippen LogP contribution in [-0.2, 0) is 9.53 Å². The number of aromatic nitrogens is 3. The minimum atomic E-state index is -0.516. The Morgan fingerprint density at radius 1 is 1.36 bits per heavy atom. The van der Waals surface area contributed by atoms with Crippen molar-refractivity contribution in [1.82, 2.24) is 20.1 Å². The second kappa shape index (κ2) is 7.48. The highest BCUT2D eigenvalue weighted by Gasteiger charge is 2.22. The molecule has 132 valence electrons. The molecule has 2 N–H and O–H groups in total. The summed E-state index contributed by atoms with van der Waals surface area (Å²) in [5.41, 5.74) is 1.01. The van der Waals surface area contributed by atoms with Gasteiger partial charge in [-0.15, -0.1) is 0 Å². The molecule has 3 aromatic rings. The fourth-order valence-electron chi connectivity index (χ4n) is 3.06. The lowest BCUT2D eigenvalue weighted by molar-refractivity contribution is -0.123. The summed E-state index contributed by atoms with van der Waals surface area (Å²) in [5.74, 6) is -0.129. The van der Waals surface area contributed by atoms with Crippen molar-refractivity contribution in [2.45, 2.75) is 26.3 Å². The second-order valence-corrected chi connectivity index (χ2v) is 5.87. The van der Waals surface area contributed by atoms with Crippen LogP contribution < -0.4 is 10.9 Å². The zero-order chi connectivity index (χ0) is 17.8. The topological polar surface area (TPSA) is 89.0 Å². The summed E-state index contributed by atoms with van der Waals surface area (Å²) in [6.07, 6.45) is 2.38. The Labute approximate surface area is 145 Å². The predicted octanol–water partition coefficient (Wildman–Crippen LogP) is 1.98. The van der Waals surface area contributed by atoms with E-state index in [1.54, 1.807) is 17.7 Å². The highest BCUT2D eigenvalue weighted by atomic mass is 16.5. The van der Waals surface area contributed by atoms with Gasteiger partial charge < -0.3 is 14.6 Å². The molecule has 0 fully saturated rings. The van der Waals surface area contributed by atoms with Gasteiger partial charge in [0.15, 0.2) is 0 Å². The number of nitrogens with one attached hydrogen (secondary N) is 2. The highest BCUT2D eigenvalue weighted by molar-refractivity contribution is 6.08. The molecule has 7 nitrogen and oxygen atoms in total. The number of H-pyrrole nitrogens is 1. The van der Waals surface area contributed by atoms with E-state index in [2.05, 4.69) is 15.5 Å². The Kier molecular flexibility index (Phi) is 5.14. The van der Waals surface area contributed by atoms with Gasteiger partial charge >= 0.3 is 0 Å². The molecule has 0 bridgehead atoms. The largest absolute Gasteiger partial charge is 0.382 e. The highest BCUT2D eigenvalue weighted by Crippen LogP contribution is 2.29. The summed E-state index contributed by atoms with van der Waals surface area (Å²) in [4.78, 5) is 24.9. The van der Waals surface area contributed by atoms with Gasteiger partial charge in [0, 0.05) is 30.5 Å². The summed E-state index contributed by atoms with van der Waals surface area (Å²) >= 11 is 0. The molecule has 7 heteroatoms. The molecule has 2 heterocycles. The average Bonchev–Trinajstić information content (AvgIpc) is 2.97. The average molecular weight is 342 g/mol. The van der Waals surface area contributed by atoms with Crippen molar-refractivity contribution >= 4 is 27.7 Å². The number of nitrogens with zero attached hydrogens (tertiary/aromatic N) is 2. The molecule has 1 aromatic carbocycles. The van der Waals surface area contributed by atoms with Crippen LogP contribution in [0.5, 0.6) is 0 Å². The number of carbonyl (C=O) groups excluding carboxylic acids is 1. The van der Waals surface area contributed by atoms with Gasteiger partial charge in [0.2, 0.25) is 5.91 Å². The van der Waals surface area contributed by atoms with Crippen LogP contribution in [0.25, 0.3) is 21.8 Å². The first-order chi connectivity index (χ1) is 12.1. The number of aromatic amines is 1. The lowest BCUT2D eigenvalue weighted by atomic mass is 10.2. The Bertz CT molecular complexity index is 944. The van der Waals surface area contributed by atoms with Gasteiger partial charge in [-0.3, -0.25) is 9.59 Å². The zero-order valence-corrected chi connectivity index (χ0v) is 14.4. The number of hydrogen-bond donors (Lipinski definition) is 2. The van der Waals surface area contributed by atoms with Crippen LogP contribution in [-0.4, -0.2) is 40.4 Å². The van der Waals surface area contributed by atoms with Crippen LogP contribution in [0.2, 0.25) is 0 Å². The van der Waals surface area contributed by atoms with E-state index >= 15 is 0 Å². The Morgan fingerprint density at radius 2 is 2.16 bits per heavy atom. The minimum Gasteiger partial charge on any atom is -0.382 e. The fourth-order valence-corrected chi connectivity index (χ4v) is 3.06. The number of para-hydroxylation sites is 1. The van der Waals surface area contributed by atoms with E-state index < -0.39 is 6.04 Å². The first-order valence-corrected chi connectivity index (χ1v) is 8.47. The molecule has 3 rings (SSSR count). The summed E-state index contributed by atoms with van der Waals surface area (Å²) in [6.45, 7) is 5.56. The maximum Gasteiger partial charge on any atom is 0.288 e. The first-order valence-electron chi connectivity index (χ1n) is 8.47. The zero-order valence-electron chi connectivity index (χ0n) is 14.4. The van der Waals surface area contributed by atoms with Crippen molar-refractivity contribution < 1.29 is 9.53 Å². The number of benzene rings is 1. The Morgan fingerprint density at radius 3 is 2.96 bits per heavy atom. The molecule has 25 heavy (non-hydrogen) atoms. The van der Waals surface area contributed by atoms with Crippen LogP contribution >= 0.6 is 0 Å². The van der Waals surface area contributed by atoms with Crippen molar-refractivity contribution in [1.29, 1.82) is 0 Å². The van der Waals surface area contributed by atoms with E-state index in [1.807, 2.05) is 31.2 Å². The number of carbonyl (C=O) groups is 1. The summed E-state index contributed by atoms with van der Waals surface area (Å²) < 4.78 is 7.05. The van der Waals surface area contributed by atoms with Gasteiger partial charge in [-0.2, -0.15) is 5.10 Å². The van der Waals surface area contributed by atoms with Crippen LogP contribution in [0.4, 0.5) is 0 Å². The smallest absolute Gasteiger partial charge is 0.288 e. The maximum absolute atomic E-state index is 12.6. The van der Waals surface area contributed by atoms with Gasteiger partial charge in [0.25, 0.3) is 5.56 Å². The predicted molar refractivity (Wildman–Crippen MR) is 96.7 cm³/mol. The number of fused-ring (bicyclic) bond motifs is 3. The molecule has 1 amide bonds. The van der Waals surface area contributed by atoms with E-state index in [9.17, 15) is 9.59 Å². The van der Waals surface area contributed by atoms with Gasteiger partial charge in [-0.25, -0.2) is 5.10 Å². The van der Waals surface area contributed by atoms with Gasteiger partial charge in [0.1, 0.15) is 11.6 Å². The van der Waals surface area contributed by atoms with Crippen molar-refractivity contribution in [2.75, 3.05) is 19.8 Å². The minimum absolute atomic E-state index is 0.129. The molecule has 1 atom stereocenters. The third-order valence-electron chi connectivity index (χ3n) is 4.26. The van der Waals surface area contributed by atoms with Crippen LogP contribution in [0, 0.1) is 0 Å². The number of hydrogen-bond acceptors (Lipinski definition) is 4. The lowest BCUT2D eigenvalue weighted by Gasteiger charge is -2.16. The van der Waals surface area contributed by atoms with E-state index in [1.165, 1.54) is 0 Å². The molecule has 0 radical (unpaired) electrons. The normalized spacial score (nSPS) is 12.6. The molecular weight excluding hydrogens is 320 g/mol. The second-order valence-electron chi connectivity index (χ2n) is 5.87. The molecule has 0 saturated carbocycles. The molecule has 0 aliphatic heterocycles. The van der Waals surface area contributed by atoms with Crippen molar-refractivity contribution in [3.05, 3.63) is 40.8 Å². The van der Waals surface area contributed by atoms with Crippen LogP contribution in [0.15, 0.2) is 35.3 Å². The van der Waals surface area contributed by atoms with Crippen molar-refractivity contribution in [3.8, 4) is 0 Å². The van der Waals surface area contributed by atoms with Gasteiger partial charge in [-0.1, -0.05) is 18.2 Å². The number of rotatable bonds is 7. The third kappa shape index (κ3) is 3.28. The fraction of sp³-hybridized carbons (Fsp3) is 0.389. The molecule has 0 aliphatic carbocycles. The van der Waals surface area contributed by atoms with E-state index in [0.717, 1.165) is 22.7 Å². The monoisotopic (exact) mass is 342 g/mol. The van der Waals surface area contributed by atoms with E-state index in [0.29, 0.717) is 25.3 Å². The molecule has 0 aliphatic rings. The molecule has 2 aromatic heterocycles. The standard InChI is InChI=1S/C18H22N4O3/c1-3-25-10-6-9-19-17(23)12(2)22-15-8-5-4-7-13(15)14-11-20-21-18(24)16(14)22/h4-5,7-8,11-12H,3,6,9-10H2,1-2H3,(H,19,23)(H,21,24)/t12-/m0/s1. The van der Waals surface area contributed by atoms with Gasteiger partial charge in [0.05, 0.1) is 11.7 Å². The summed E-state index contributed by atoms with van der Waals surface area (Å²) in [7, 11) is 0. The number of amides is 1. The Balaban J connectivity index is 1.94. The van der Waals surface area contributed by atoms with Crippen LogP contribution in [0.1, 0.15) is 26.3 Å². The van der Waals surface area contributed by atoms with E-state index in [-0.39, 0.29) is 11.5 Å².